The fourth-order valence-electron chi connectivity index (χ4n) is 2.99. The largest absolute Gasteiger partial charge is 0.467 e. The highest BCUT2D eigenvalue weighted by molar-refractivity contribution is 8.01. The van der Waals surface area contributed by atoms with E-state index < -0.39 is 18.0 Å². The number of ether oxygens (including phenoxy) is 1. The van der Waals surface area contributed by atoms with Gasteiger partial charge in [-0.1, -0.05) is 29.2 Å². The van der Waals surface area contributed by atoms with E-state index in [0.29, 0.717) is 26.6 Å². The molecule has 1 aliphatic rings. The van der Waals surface area contributed by atoms with Crippen LogP contribution in [0.5, 0.6) is 0 Å². The topological polar surface area (TPSA) is 118 Å². The summed E-state index contributed by atoms with van der Waals surface area (Å²) >= 11 is 2.56. The number of aromatic nitrogens is 2. The van der Waals surface area contributed by atoms with Gasteiger partial charge in [0, 0.05) is 17.1 Å². The van der Waals surface area contributed by atoms with Crippen LogP contribution in [0.1, 0.15) is 18.7 Å². The molecule has 1 aromatic carbocycles. The molecule has 32 heavy (non-hydrogen) atoms. The number of amides is 2. The minimum atomic E-state index is -0.770. The third-order valence-electron chi connectivity index (χ3n) is 4.30. The van der Waals surface area contributed by atoms with Crippen molar-refractivity contribution in [2.45, 2.75) is 17.3 Å². The third kappa shape index (κ3) is 5.08. The highest BCUT2D eigenvalue weighted by Gasteiger charge is 2.35. The van der Waals surface area contributed by atoms with E-state index in [0.717, 1.165) is 0 Å². The van der Waals surface area contributed by atoms with Crippen LogP contribution in [0.15, 0.2) is 62.7 Å². The number of hydrogen-bond donors (Lipinski definition) is 3. The summed E-state index contributed by atoms with van der Waals surface area (Å²) < 4.78 is 24.6. The van der Waals surface area contributed by atoms with Gasteiger partial charge in [-0.2, -0.15) is 0 Å². The van der Waals surface area contributed by atoms with Crippen molar-refractivity contribution >= 4 is 45.9 Å². The first-order chi connectivity index (χ1) is 15.5. The molecule has 1 unspecified atom stereocenters. The molecule has 3 N–H and O–H groups in total. The first kappa shape index (κ1) is 21.8. The number of thioether (sulfide) groups is 1. The van der Waals surface area contributed by atoms with Gasteiger partial charge < -0.3 is 25.1 Å². The molecule has 0 radical (unpaired) electrons. The first-order valence-corrected chi connectivity index (χ1v) is 11.3. The number of benzene rings is 1. The summed E-state index contributed by atoms with van der Waals surface area (Å²) in [6, 6.07) is 8.13. The van der Waals surface area contributed by atoms with E-state index in [2.05, 4.69) is 26.1 Å². The van der Waals surface area contributed by atoms with Crippen molar-refractivity contribution in [2.24, 2.45) is 0 Å². The van der Waals surface area contributed by atoms with E-state index >= 15 is 0 Å². The molecular formula is C20H18FN5O4S2. The summed E-state index contributed by atoms with van der Waals surface area (Å²) in [5, 5.41) is 17.0. The predicted molar refractivity (Wildman–Crippen MR) is 117 cm³/mol. The fourth-order valence-corrected chi connectivity index (χ4v) is 4.73. The minimum absolute atomic E-state index is 0.188. The SMILES string of the molecule is CCOC(=O)C1=C(CSc2nnc(Nc3cccc(F)c3)s2)NC(=O)NC1c1ccco1. The zero-order chi connectivity index (χ0) is 22.5. The van der Waals surface area contributed by atoms with Gasteiger partial charge in [0.1, 0.15) is 17.6 Å². The lowest BCUT2D eigenvalue weighted by Gasteiger charge is -2.27. The Morgan fingerprint density at radius 2 is 2.22 bits per heavy atom. The molecule has 0 fully saturated rings. The van der Waals surface area contributed by atoms with Crippen LogP contribution in [-0.2, 0) is 9.53 Å². The third-order valence-corrected chi connectivity index (χ3v) is 6.30. The Balaban J connectivity index is 1.53. The lowest BCUT2D eigenvalue weighted by Crippen LogP contribution is -2.46. The number of esters is 1. The predicted octanol–water partition coefficient (Wildman–Crippen LogP) is 3.98. The maximum Gasteiger partial charge on any atom is 0.338 e. The second-order valence-electron chi connectivity index (χ2n) is 6.46. The molecule has 0 spiro atoms. The lowest BCUT2D eigenvalue weighted by atomic mass is 10.0. The summed E-state index contributed by atoms with van der Waals surface area (Å²) in [5.74, 6) is -0.251. The number of furan rings is 1. The van der Waals surface area contributed by atoms with Crippen molar-refractivity contribution in [1.82, 2.24) is 20.8 Å². The Labute approximate surface area is 190 Å². The molecule has 12 heteroatoms. The number of carbonyl (C=O) groups excluding carboxylic acids is 2. The smallest absolute Gasteiger partial charge is 0.338 e. The van der Waals surface area contributed by atoms with Crippen molar-refractivity contribution < 1.29 is 23.1 Å². The lowest BCUT2D eigenvalue weighted by molar-refractivity contribution is -0.139. The van der Waals surface area contributed by atoms with Gasteiger partial charge in [-0.3, -0.25) is 0 Å². The Bertz CT molecular complexity index is 1150. The number of anilines is 2. The molecule has 3 heterocycles. The number of hydrogen-bond acceptors (Lipinski definition) is 9. The quantitative estimate of drug-likeness (QED) is 0.331. The van der Waals surface area contributed by atoms with Gasteiger partial charge in [-0.25, -0.2) is 14.0 Å². The molecule has 1 aliphatic heterocycles. The maximum atomic E-state index is 13.4. The monoisotopic (exact) mass is 475 g/mol. The fraction of sp³-hybridized carbons (Fsp3) is 0.200. The summed E-state index contributed by atoms with van der Waals surface area (Å²) in [7, 11) is 0. The van der Waals surface area contributed by atoms with Gasteiger partial charge in [0.2, 0.25) is 5.13 Å². The molecule has 166 valence electrons. The molecule has 9 nitrogen and oxygen atoms in total. The van der Waals surface area contributed by atoms with E-state index in [1.165, 1.54) is 41.5 Å². The van der Waals surface area contributed by atoms with E-state index in [9.17, 15) is 14.0 Å². The number of nitrogens with one attached hydrogen (secondary N) is 3. The van der Waals surface area contributed by atoms with Crippen LogP contribution in [0.2, 0.25) is 0 Å². The average molecular weight is 476 g/mol. The van der Waals surface area contributed by atoms with Gasteiger partial charge in [0.05, 0.1) is 18.4 Å². The van der Waals surface area contributed by atoms with Gasteiger partial charge in [-0.05, 0) is 37.3 Å². The molecule has 4 rings (SSSR count). The first-order valence-electron chi connectivity index (χ1n) is 9.53. The van der Waals surface area contributed by atoms with Gasteiger partial charge in [0.25, 0.3) is 0 Å². The summed E-state index contributed by atoms with van der Waals surface area (Å²) in [6.45, 7) is 1.89. The standard InChI is InChI=1S/C20H18FN5O4S2/c1-2-29-17(27)15-13(23-18(28)24-16(15)14-7-4-8-30-14)10-31-20-26-25-19(32-20)22-12-6-3-5-11(21)9-12/h3-9,16H,2,10H2,1H3,(H,22,25)(H2,23,24,28). The molecular weight excluding hydrogens is 457 g/mol. The van der Waals surface area contributed by atoms with Crippen LogP contribution in [0.4, 0.5) is 20.0 Å². The zero-order valence-electron chi connectivity index (χ0n) is 16.8. The molecule has 0 saturated carbocycles. The summed E-state index contributed by atoms with van der Waals surface area (Å²) in [6.07, 6.45) is 1.47. The second-order valence-corrected chi connectivity index (χ2v) is 8.66. The highest BCUT2D eigenvalue weighted by Crippen LogP contribution is 2.33. The highest BCUT2D eigenvalue weighted by atomic mass is 32.2. The van der Waals surface area contributed by atoms with Crippen LogP contribution in [0.3, 0.4) is 0 Å². The molecule has 2 aromatic heterocycles. The van der Waals surface area contributed by atoms with E-state index in [-0.39, 0.29) is 23.8 Å². The maximum absolute atomic E-state index is 13.4. The van der Waals surface area contributed by atoms with Crippen LogP contribution < -0.4 is 16.0 Å². The van der Waals surface area contributed by atoms with Gasteiger partial charge in [-0.15, -0.1) is 10.2 Å². The average Bonchev–Trinajstić information content (AvgIpc) is 3.44. The number of rotatable bonds is 8. The normalized spacial score (nSPS) is 15.8. The van der Waals surface area contributed by atoms with Crippen LogP contribution in [0, 0.1) is 5.82 Å². The van der Waals surface area contributed by atoms with Crippen LogP contribution >= 0.6 is 23.1 Å². The molecule has 2 amide bonds. The number of urea groups is 1. The van der Waals surface area contributed by atoms with E-state index in [4.69, 9.17) is 9.15 Å². The molecule has 1 atom stereocenters. The number of halogens is 1. The van der Waals surface area contributed by atoms with Crippen molar-refractivity contribution in [3.05, 3.63) is 65.5 Å². The summed E-state index contributed by atoms with van der Waals surface area (Å²) in [5.41, 5.74) is 1.21. The summed E-state index contributed by atoms with van der Waals surface area (Å²) in [4.78, 5) is 24.9. The molecule has 0 bridgehead atoms. The van der Waals surface area contributed by atoms with Crippen LogP contribution in [0.25, 0.3) is 0 Å². The zero-order valence-corrected chi connectivity index (χ0v) is 18.4. The van der Waals surface area contributed by atoms with Gasteiger partial charge >= 0.3 is 12.0 Å². The number of carbonyl (C=O) groups is 2. The minimum Gasteiger partial charge on any atom is -0.467 e. The Morgan fingerprint density at radius 1 is 1.34 bits per heavy atom. The second kappa shape index (κ2) is 9.83. The van der Waals surface area contributed by atoms with E-state index in [1.54, 1.807) is 31.2 Å². The Hall–Kier alpha value is -3.38. The molecule has 3 aromatic rings. The Morgan fingerprint density at radius 3 is 2.97 bits per heavy atom. The van der Waals surface area contributed by atoms with Crippen molar-refractivity contribution in [3.63, 3.8) is 0 Å². The number of nitrogens with zero attached hydrogens (tertiary/aromatic N) is 2. The van der Waals surface area contributed by atoms with Crippen LogP contribution in [-0.4, -0.2) is 34.6 Å². The molecule has 0 aliphatic carbocycles. The Kier molecular flexibility index (Phi) is 6.71. The van der Waals surface area contributed by atoms with Gasteiger partial charge in [0.15, 0.2) is 4.34 Å². The van der Waals surface area contributed by atoms with Crippen molar-refractivity contribution in [2.75, 3.05) is 17.7 Å². The van der Waals surface area contributed by atoms with E-state index in [1.807, 2.05) is 0 Å². The van der Waals surface area contributed by atoms with Crippen molar-refractivity contribution in [3.8, 4) is 0 Å². The molecule has 0 saturated heterocycles. The van der Waals surface area contributed by atoms with Crippen molar-refractivity contribution in [1.29, 1.82) is 0 Å².